The van der Waals surface area contributed by atoms with E-state index >= 15 is 0 Å². The Kier molecular flexibility index (Phi) is 1.46. The fourth-order valence-electron chi connectivity index (χ4n) is 1.56. The van der Waals surface area contributed by atoms with Gasteiger partial charge in [-0.2, -0.15) is 0 Å². The fourth-order valence-corrected chi connectivity index (χ4v) is 1.56. The Labute approximate surface area is 66.8 Å². The molecule has 60 valence electrons. The van der Waals surface area contributed by atoms with E-state index in [0.717, 1.165) is 6.54 Å². The molecular formula is C8H13N3. The van der Waals surface area contributed by atoms with Gasteiger partial charge >= 0.3 is 0 Å². The summed E-state index contributed by atoms with van der Waals surface area (Å²) in [6.45, 7) is 5.35. The van der Waals surface area contributed by atoms with Gasteiger partial charge in [0.25, 0.3) is 0 Å². The van der Waals surface area contributed by atoms with Crippen LogP contribution in [-0.4, -0.2) is 23.9 Å². The Morgan fingerprint density at radius 1 is 1.73 bits per heavy atom. The van der Waals surface area contributed by atoms with Gasteiger partial charge in [0, 0.05) is 24.4 Å². The molecule has 2 rings (SSSR count). The maximum atomic E-state index is 4.38. The molecule has 0 amide bonds. The number of rotatable bonds is 0. The van der Waals surface area contributed by atoms with Crippen molar-refractivity contribution in [1.82, 2.24) is 10.4 Å². The third-order valence-corrected chi connectivity index (χ3v) is 2.29. The van der Waals surface area contributed by atoms with E-state index < -0.39 is 0 Å². The van der Waals surface area contributed by atoms with E-state index in [1.807, 2.05) is 12.3 Å². The van der Waals surface area contributed by atoms with Crippen LogP contribution in [0, 0.1) is 5.92 Å². The third-order valence-electron chi connectivity index (χ3n) is 2.29. The lowest BCUT2D eigenvalue weighted by molar-refractivity contribution is 0.237. The van der Waals surface area contributed by atoms with Gasteiger partial charge < -0.3 is 0 Å². The smallest absolute Gasteiger partial charge is 0.138 e. The summed E-state index contributed by atoms with van der Waals surface area (Å²) in [6, 6.07) is 0. The van der Waals surface area contributed by atoms with Crippen LogP contribution in [0.2, 0.25) is 0 Å². The van der Waals surface area contributed by atoms with Gasteiger partial charge in [-0.15, -0.1) is 0 Å². The summed E-state index contributed by atoms with van der Waals surface area (Å²) >= 11 is 0. The van der Waals surface area contributed by atoms with Crippen molar-refractivity contribution in [2.75, 3.05) is 6.54 Å². The molecule has 2 unspecified atom stereocenters. The van der Waals surface area contributed by atoms with Gasteiger partial charge in [0.1, 0.15) is 6.17 Å². The summed E-state index contributed by atoms with van der Waals surface area (Å²) < 4.78 is 0. The number of hydrogen-bond donors (Lipinski definition) is 1. The molecule has 1 fully saturated rings. The first-order chi connectivity index (χ1) is 5.29. The molecule has 1 saturated heterocycles. The maximum absolute atomic E-state index is 4.38. The standard InChI is InChI=1S/C8H13N3/c1-6-5-10-11-7(2)3-4-9-8(6)11/h3-4,6,8,10H,5H2,1-2H3. The number of hydrazine groups is 1. The molecule has 2 atom stereocenters. The van der Waals surface area contributed by atoms with Crippen LogP contribution < -0.4 is 5.43 Å². The number of nitrogens with zero attached hydrogens (tertiary/aromatic N) is 2. The van der Waals surface area contributed by atoms with Gasteiger partial charge in [-0.1, -0.05) is 6.92 Å². The molecule has 0 aromatic heterocycles. The van der Waals surface area contributed by atoms with E-state index in [2.05, 4.69) is 29.3 Å². The van der Waals surface area contributed by atoms with Crippen molar-refractivity contribution in [3.05, 3.63) is 11.8 Å². The van der Waals surface area contributed by atoms with Crippen LogP contribution in [0.5, 0.6) is 0 Å². The van der Waals surface area contributed by atoms with Crippen LogP contribution in [0.4, 0.5) is 0 Å². The van der Waals surface area contributed by atoms with E-state index in [-0.39, 0.29) is 0 Å². The first-order valence-electron chi connectivity index (χ1n) is 4.02. The molecule has 0 bridgehead atoms. The minimum atomic E-state index is 0.333. The van der Waals surface area contributed by atoms with Crippen molar-refractivity contribution in [2.24, 2.45) is 10.9 Å². The highest BCUT2D eigenvalue weighted by Crippen LogP contribution is 2.22. The van der Waals surface area contributed by atoms with Gasteiger partial charge in [0.05, 0.1) is 0 Å². The van der Waals surface area contributed by atoms with Crippen LogP contribution in [0.1, 0.15) is 13.8 Å². The van der Waals surface area contributed by atoms with Crippen LogP contribution in [0.25, 0.3) is 0 Å². The van der Waals surface area contributed by atoms with Crippen LogP contribution in [0.3, 0.4) is 0 Å². The Morgan fingerprint density at radius 3 is 3.27 bits per heavy atom. The second-order valence-electron chi connectivity index (χ2n) is 3.23. The summed E-state index contributed by atoms with van der Waals surface area (Å²) in [6.07, 6.45) is 4.27. The van der Waals surface area contributed by atoms with E-state index in [0.29, 0.717) is 12.1 Å². The summed E-state index contributed by atoms with van der Waals surface area (Å²) in [7, 11) is 0. The SMILES string of the molecule is CC1=CC=NC2C(C)CNN12. The Bertz CT molecular complexity index is 219. The summed E-state index contributed by atoms with van der Waals surface area (Å²) in [5.41, 5.74) is 4.57. The molecule has 2 heterocycles. The van der Waals surface area contributed by atoms with Crippen molar-refractivity contribution in [3.8, 4) is 0 Å². The molecule has 1 N–H and O–H groups in total. The molecule has 3 nitrogen and oxygen atoms in total. The maximum Gasteiger partial charge on any atom is 0.138 e. The number of fused-ring (bicyclic) bond motifs is 1. The van der Waals surface area contributed by atoms with Gasteiger partial charge in [0.2, 0.25) is 0 Å². The quantitative estimate of drug-likeness (QED) is 0.553. The van der Waals surface area contributed by atoms with Crippen molar-refractivity contribution in [3.63, 3.8) is 0 Å². The van der Waals surface area contributed by atoms with Crippen LogP contribution >= 0.6 is 0 Å². The van der Waals surface area contributed by atoms with Gasteiger partial charge in [-0.25, -0.2) is 5.43 Å². The number of aliphatic imine (C=N–C) groups is 1. The van der Waals surface area contributed by atoms with E-state index in [4.69, 9.17) is 0 Å². The summed E-state index contributed by atoms with van der Waals surface area (Å²) in [5.74, 6) is 0.620. The first kappa shape index (κ1) is 6.85. The molecular weight excluding hydrogens is 138 g/mol. The predicted molar refractivity (Wildman–Crippen MR) is 45.0 cm³/mol. The molecule has 0 aromatic carbocycles. The average Bonchev–Trinajstić information content (AvgIpc) is 2.35. The number of allylic oxidation sites excluding steroid dienone is 2. The highest BCUT2D eigenvalue weighted by atomic mass is 15.6. The normalized spacial score (nSPS) is 35.5. The monoisotopic (exact) mass is 151 g/mol. The highest BCUT2D eigenvalue weighted by Gasteiger charge is 2.31. The van der Waals surface area contributed by atoms with Crippen LogP contribution in [0.15, 0.2) is 16.8 Å². The Balaban J connectivity index is 2.24. The lowest BCUT2D eigenvalue weighted by atomic mass is 10.1. The zero-order chi connectivity index (χ0) is 7.84. The Morgan fingerprint density at radius 2 is 2.55 bits per heavy atom. The van der Waals surface area contributed by atoms with Crippen molar-refractivity contribution >= 4 is 6.21 Å². The largest absolute Gasteiger partial charge is 0.288 e. The van der Waals surface area contributed by atoms with Gasteiger partial charge in [-0.05, 0) is 13.0 Å². The highest BCUT2D eigenvalue weighted by molar-refractivity contribution is 5.73. The zero-order valence-electron chi connectivity index (χ0n) is 6.91. The lowest BCUT2D eigenvalue weighted by Crippen LogP contribution is -2.37. The molecule has 0 radical (unpaired) electrons. The topological polar surface area (TPSA) is 27.6 Å². The molecule has 0 aliphatic carbocycles. The van der Waals surface area contributed by atoms with Crippen LogP contribution in [-0.2, 0) is 0 Å². The minimum Gasteiger partial charge on any atom is -0.288 e. The molecule has 0 saturated carbocycles. The summed E-state index contributed by atoms with van der Waals surface area (Å²) in [4.78, 5) is 4.38. The summed E-state index contributed by atoms with van der Waals surface area (Å²) in [5, 5.41) is 2.14. The van der Waals surface area contributed by atoms with E-state index in [1.165, 1.54) is 5.70 Å². The number of nitrogens with one attached hydrogen (secondary N) is 1. The lowest BCUT2D eigenvalue weighted by Gasteiger charge is -2.27. The molecule has 3 heteroatoms. The second kappa shape index (κ2) is 2.34. The van der Waals surface area contributed by atoms with Gasteiger partial charge in [-0.3, -0.25) is 10.0 Å². The molecule has 2 aliphatic heterocycles. The van der Waals surface area contributed by atoms with Gasteiger partial charge in [0.15, 0.2) is 0 Å². The minimum absolute atomic E-state index is 0.333. The van der Waals surface area contributed by atoms with E-state index in [1.54, 1.807) is 0 Å². The fraction of sp³-hybridized carbons (Fsp3) is 0.625. The average molecular weight is 151 g/mol. The van der Waals surface area contributed by atoms with Crippen molar-refractivity contribution in [1.29, 1.82) is 0 Å². The second-order valence-corrected chi connectivity index (χ2v) is 3.23. The number of hydrogen-bond acceptors (Lipinski definition) is 3. The van der Waals surface area contributed by atoms with Crippen molar-refractivity contribution in [2.45, 2.75) is 20.0 Å². The van der Waals surface area contributed by atoms with E-state index in [9.17, 15) is 0 Å². The third kappa shape index (κ3) is 0.959. The van der Waals surface area contributed by atoms with Crippen molar-refractivity contribution < 1.29 is 0 Å². The molecule has 0 aromatic rings. The molecule has 11 heavy (non-hydrogen) atoms. The first-order valence-corrected chi connectivity index (χ1v) is 4.02. The molecule has 0 spiro atoms. The predicted octanol–water partition coefficient (Wildman–Crippen LogP) is 0.757. The zero-order valence-corrected chi connectivity index (χ0v) is 6.91. The Hall–Kier alpha value is -0.830. The molecule has 2 aliphatic rings.